The normalized spacial score (nSPS) is 20.1. The lowest BCUT2D eigenvalue weighted by Gasteiger charge is -2.29. The quantitative estimate of drug-likeness (QED) is 0.636. The van der Waals surface area contributed by atoms with Crippen LogP contribution in [0.3, 0.4) is 0 Å². The van der Waals surface area contributed by atoms with E-state index in [1.807, 2.05) is 50.2 Å². The topological polar surface area (TPSA) is 95.9 Å². The van der Waals surface area contributed by atoms with Gasteiger partial charge >= 0.3 is 12.1 Å². The van der Waals surface area contributed by atoms with Gasteiger partial charge in [-0.1, -0.05) is 61.9 Å². The SMILES string of the molecule is CCC[C@H](NC(=O)OCC1c2ccccc2-c2ccccc21)C(=O)N1C(C)SCC1C(=O)O. The van der Waals surface area contributed by atoms with E-state index in [2.05, 4.69) is 17.4 Å². The molecule has 33 heavy (non-hydrogen) atoms. The minimum atomic E-state index is -1.03. The van der Waals surface area contributed by atoms with Gasteiger partial charge in [0.25, 0.3) is 0 Å². The van der Waals surface area contributed by atoms with Crippen molar-refractivity contribution in [2.75, 3.05) is 12.4 Å². The summed E-state index contributed by atoms with van der Waals surface area (Å²) < 4.78 is 5.59. The molecule has 1 heterocycles. The predicted molar refractivity (Wildman–Crippen MR) is 127 cm³/mol. The number of aliphatic carboxylic acids is 1. The second-order valence-corrected chi connectivity index (χ2v) is 9.69. The number of carboxylic acid groups (broad SMARTS) is 1. The van der Waals surface area contributed by atoms with Gasteiger partial charge in [0.1, 0.15) is 18.7 Å². The zero-order valence-electron chi connectivity index (χ0n) is 18.7. The van der Waals surface area contributed by atoms with Crippen LogP contribution in [0.5, 0.6) is 0 Å². The van der Waals surface area contributed by atoms with Gasteiger partial charge in [0.05, 0.1) is 5.37 Å². The Balaban J connectivity index is 1.44. The van der Waals surface area contributed by atoms with E-state index in [1.165, 1.54) is 16.7 Å². The average Bonchev–Trinajstić information content (AvgIpc) is 3.35. The highest BCUT2D eigenvalue weighted by Gasteiger charge is 2.42. The molecular weight excluding hydrogens is 440 g/mol. The molecule has 0 spiro atoms. The van der Waals surface area contributed by atoms with E-state index in [4.69, 9.17) is 4.74 Å². The fourth-order valence-electron chi connectivity index (χ4n) is 4.68. The second-order valence-electron chi connectivity index (χ2n) is 8.34. The number of rotatable bonds is 7. The van der Waals surface area contributed by atoms with Crippen LogP contribution in [0.4, 0.5) is 4.79 Å². The number of fused-ring (bicyclic) bond motifs is 3. The van der Waals surface area contributed by atoms with Gasteiger partial charge in [0.2, 0.25) is 5.91 Å². The molecule has 2 amide bonds. The summed E-state index contributed by atoms with van der Waals surface area (Å²) in [5, 5.41) is 11.9. The van der Waals surface area contributed by atoms with Crippen molar-refractivity contribution < 1.29 is 24.2 Å². The number of carbonyl (C=O) groups excluding carboxylic acids is 2. The van der Waals surface area contributed by atoms with Gasteiger partial charge in [-0.2, -0.15) is 0 Å². The molecule has 2 aliphatic rings. The van der Waals surface area contributed by atoms with Gasteiger partial charge in [-0.05, 0) is 35.6 Å². The number of carboxylic acids is 1. The Bertz CT molecular complexity index is 1010. The zero-order chi connectivity index (χ0) is 23.5. The van der Waals surface area contributed by atoms with Crippen LogP contribution in [0.25, 0.3) is 11.1 Å². The number of nitrogens with one attached hydrogen (secondary N) is 1. The van der Waals surface area contributed by atoms with Crippen molar-refractivity contribution in [1.82, 2.24) is 10.2 Å². The average molecular weight is 469 g/mol. The van der Waals surface area contributed by atoms with Crippen molar-refractivity contribution in [3.8, 4) is 11.1 Å². The van der Waals surface area contributed by atoms with E-state index in [9.17, 15) is 19.5 Å². The summed E-state index contributed by atoms with van der Waals surface area (Å²) in [5.74, 6) is -1.15. The van der Waals surface area contributed by atoms with Gasteiger partial charge in [-0.3, -0.25) is 4.79 Å². The standard InChI is InChI=1S/C25H28N2O5S/c1-3-8-21(23(28)27-15(2)33-14-22(27)24(29)30)26-25(31)32-13-20-18-11-6-4-9-16(18)17-10-5-7-12-19(17)20/h4-7,9-12,15,20-22H,3,8,13-14H2,1-2H3,(H,26,31)(H,29,30)/t15?,21-,22?/m0/s1. The largest absolute Gasteiger partial charge is 0.480 e. The van der Waals surface area contributed by atoms with E-state index < -0.39 is 24.1 Å². The number of nitrogens with zero attached hydrogens (tertiary/aromatic N) is 1. The van der Waals surface area contributed by atoms with Gasteiger partial charge in [-0.15, -0.1) is 11.8 Å². The number of alkyl carbamates (subject to hydrolysis) is 1. The van der Waals surface area contributed by atoms with Crippen molar-refractivity contribution in [2.45, 2.75) is 50.1 Å². The van der Waals surface area contributed by atoms with E-state index in [1.54, 1.807) is 0 Å². The van der Waals surface area contributed by atoms with Crippen LogP contribution in [-0.2, 0) is 14.3 Å². The first-order valence-electron chi connectivity index (χ1n) is 11.2. The highest BCUT2D eigenvalue weighted by atomic mass is 32.2. The molecule has 2 N–H and O–H groups in total. The molecule has 1 aliphatic heterocycles. The van der Waals surface area contributed by atoms with Crippen LogP contribution < -0.4 is 5.32 Å². The molecule has 1 aliphatic carbocycles. The molecule has 3 atom stereocenters. The summed E-state index contributed by atoms with van der Waals surface area (Å²) in [4.78, 5) is 38.8. The molecule has 1 saturated heterocycles. The Morgan fingerprint density at radius 1 is 1.12 bits per heavy atom. The number of amides is 2. The van der Waals surface area contributed by atoms with E-state index >= 15 is 0 Å². The third-order valence-electron chi connectivity index (χ3n) is 6.27. The zero-order valence-corrected chi connectivity index (χ0v) is 19.5. The van der Waals surface area contributed by atoms with Crippen LogP contribution in [0, 0.1) is 0 Å². The van der Waals surface area contributed by atoms with Crippen molar-refractivity contribution in [3.63, 3.8) is 0 Å². The van der Waals surface area contributed by atoms with Crippen molar-refractivity contribution in [3.05, 3.63) is 59.7 Å². The molecule has 2 unspecified atom stereocenters. The molecule has 0 radical (unpaired) electrons. The smallest absolute Gasteiger partial charge is 0.407 e. The molecule has 1 fully saturated rings. The predicted octanol–water partition coefficient (Wildman–Crippen LogP) is 4.07. The lowest BCUT2D eigenvalue weighted by Crippen LogP contribution is -2.54. The maximum atomic E-state index is 13.2. The van der Waals surface area contributed by atoms with Crippen LogP contribution in [0.1, 0.15) is 43.7 Å². The fraction of sp³-hybridized carbons (Fsp3) is 0.400. The number of carbonyl (C=O) groups is 3. The van der Waals surface area contributed by atoms with Crippen LogP contribution in [0.2, 0.25) is 0 Å². The molecular formula is C25H28N2O5S. The van der Waals surface area contributed by atoms with Gasteiger partial charge < -0.3 is 20.1 Å². The van der Waals surface area contributed by atoms with Gasteiger partial charge in [0, 0.05) is 11.7 Å². The first kappa shape index (κ1) is 23.2. The highest BCUT2D eigenvalue weighted by Crippen LogP contribution is 2.44. The Labute approximate surface area is 197 Å². The monoisotopic (exact) mass is 468 g/mol. The van der Waals surface area contributed by atoms with Crippen molar-refractivity contribution in [1.29, 1.82) is 0 Å². The number of thioether (sulfide) groups is 1. The van der Waals surface area contributed by atoms with E-state index in [-0.39, 0.29) is 23.8 Å². The minimum Gasteiger partial charge on any atom is -0.480 e. The minimum absolute atomic E-state index is 0.0742. The Morgan fingerprint density at radius 2 is 1.73 bits per heavy atom. The Kier molecular flexibility index (Phi) is 6.93. The van der Waals surface area contributed by atoms with E-state index in [0.29, 0.717) is 18.6 Å². The summed E-state index contributed by atoms with van der Waals surface area (Å²) in [7, 11) is 0. The fourth-order valence-corrected chi connectivity index (χ4v) is 5.85. The summed E-state index contributed by atoms with van der Waals surface area (Å²) in [6.45, 7) is 3.87. The lowest BCUT2D eigenvalue weighted by atomic mass is 9.98. The lowest BCUT2D eigenvalue weighted by molar-refractivity contribution is -0.149. The molecule has 2 aromatic rings. The van der Waals surface area contributed by atoms with Crippen LogP contribution >= 0.6 is 11.8 Å². The Hall–Kier alpha value is -3.00. The summed E-state index contributed by atoms with van der Waals surface area (Å²) >= 11 is 1.42. The third-order valence-corrected chi connectivity index (χ3v) is 7.49. The van der Waals surface area contributed by atoms with Crippen LogP contribution in [0.15, 0.2) is 48.5 Å². The summed E-state index contributed by atoms with van der Waals surface area (Å²) in [5.41, 5.74) is 4.50. The van der Waals surface area contributed by atoms with Gasteiger partial charge in [0.15, 0.2) is 0 Å². The highest BCUT2D eigenvalue weighted by molar-refractivity contribution is 8.00. The maximum absolute atomic E-state index is 13.2. The molecule has 0 aromatic heterocycles. The molecule has 2 aromatic carbocycles. The number of ether oxygens (including phenoxy) is 1. The molecule has 174 valence electrons. The number of benzene rings is 2. The van der Waals surface area contributed by atoms with Crippen LogP contribution in [-0.4, -0.2) is 57.8 Å². The summed E-state index contributed by atoms with van der Waals surface area (Å²) in [6.07, 6.45) is 0.395. The molecule has 8 heteroatoms. The maximum Gasteiger partial charge on any atom is 0.407 e. The second kappa shape index (κ2) is 9.87. The molecule has 0 saturated carbocycles. The first-order valence-corrected chi connectivity index (χ1v) is 12.2. The number of hydrogen-bond donors (Lipinski definition) is 2. The molecule has 4 rings (SSSR count). The number of hydrogen-bond acceptors (Lipinski definition) is 5. The molecule has 0 bridgehead atoms. The third kappa shape index (κ3) is 4.57. The Morgan fingerprint density at radius 3 is 2.30 bits per heavy atom. The van der Waals surface area contributed by atoms with Crippen molar-refractivity contribution >= 4 is 29.7 Å². The first-order chi connectivity index (χ1) is 15.9. The summed E-state index contributed by atoms with van der Waals surface area (Å²) in [6, 6.07) is 14.4. The van der Waals surface area contributed by atoms with Crippen molar-refractivity contribution in [2.24, 2.45) is 0 Å². The van der Waals surface area contributed by atoms with Gasteiger partial charge in [-0.25, -0.2) is 9.59 Å². The molecule has 7 nitrogen and oxygen atoms in total. The van der Waals surface area contributed by atoms with E-state index in [0.717, 1.165) is 22.3 Å².